The van der Waals surface area contributed by atoms with E-state index >= 15 is 0 Å². The van der Waals surface area contributed by atoms with Gasteiger partial charge in [-0.25, -0.2) is 0 Å². The molecule has 0 spiro atoms. The standard InChI is InChI=1S/C17H25NO10/c1-8(19)18-15-13(6-24-9(2)20)28-14(7-25-10(3)21)16(26-11(4)22)17(15)27-12(5)23/h13-17H,6-7H2,1-5H3,(H,18,19). The van der Waals surface area contributed by atoms with Crippen molar-refractivity contribution in [2.75, 3.05) is 13.2 Å². The van der Waals surface area contributed by atoms with E-state index < -0.39 is 60.2 Å². The Morgan fingerprint density at radius 1 is 0.714 bits per heavy atom. The summed E-state index contributed by atoms with van der Waals surface area (Å²) in [5, 5.41) is 2.57. The predicted octanol–water partition coefficient (Wildman–Crippen LogP) is -0.752. The van der Waals surface area contributed by atoms with Crippen LogP contribution in [0.25, 0.3) is 0 Å². The zero-order valence-electron chi connectivity index (χ0n) is 16.4. The van der Waals surface area contributed by atoms with Crippen molar-refractivity contribution >= 4 is 29.8 Å². The quantitative estimate of drug-likeness (QED) is 0.426. The van der Waals surface area contributed by atoms with Crippen molar-refractivity contribution in [3.8, 4) is 0 Å². The molecule has 0 bridgehead atoms. The van der Waals surface area contributed by atoms with Gasteiger partial charge in [-0.2, -0.15) is 0 Å². The van der Waals surface area contributed by atoms with Gasteiger partial charge in [-0.15, -0.1) is 0 Å². The van der Waals surface area contributed by atoms with Crippen LogP contribution in [0.3, 0.4) is 0 Å². The number of amides is 1. The lowest BCUT2D eigenvalue weighted by Gasteiger charge is -2.45. The van der Waals surface area contributed by atoms with E-state index in [2.05, 4.69) is 5.32 Å². The second-order valence-electron chi connectivity index (χ2n) is 6.19. The maximum atomic E-state index is 11.7. The van der Waals surface area contributed by atoms with Crippen LogP contribution in [-0.4, -0.2) is 73.5 Å². The largest absolute Gasteiger partial charge is 0.463 e. The van der Waals surface area contributed by atoms with Gasteiger partial charge in [-0.3, -0.25) is 24.0 Å². The van der Waals surface area contributed by atoms with Crippen LogP contribution >= 0.6 is 0 Å². The van der Waals surface area contributed by atoms with E-state index in [1.165, 1.54) is 20.8 Å². The molecular formula is C17H25NO10. The maximum absolute atomic E-state index is 11.7. The molecule has 0 aromatic rings. The van der Waals surface area contributed by atoms with E-state index in [9.17, 15) is 24.0 Å². The molecule has 11 heteroatoms. The molecule has 1 aliphatic rings. The molecule has 0 saturated carbocycles. The van der Waals surface area contributed by atoms with Gasteiger partial charge in [0.2, 0.25) is 5.91 Å². The monoisotopic (exact) mass is 403 g/mol. The number of hydrogen-bond acceptors (Lipinski definition) is 10. The summed E-state index contributed by atoms with van der Waals surface area (Å²) in [7, 11) is 0. The summed E-state index contributed by atoms with van der Waals surface area (Å²) >= 11 is 0. The van der Waals surface area contributed by atoms with Crippen LogP contribution in [0.5, 0.6) is 0 Å². The first-order valence-electron chi connectivity index (χ1n) is 8.55. The van der Waals surface area contributed by atoms with Gasteiger partial charge in [-0.1, -0.05) is 0 Å². The van der Waals surface area contributed by atoms with Crippen LogP contribution in [0, 0.1) is 0 Å². The molecule has 1 saturated heterocycles. The Morgan fingerprint density at radius 2 is 1.18 bits per heavy atom. The van der Waals surface area contributed by atoms with Gasteiger partial charge in [0.05, 0.1) is 6.04 Å². The van der Waals surface area contributed by atoms with Crippen molar-refractivity contribution in [1.82, 2.24) is 5.32 Å². The Bertz CT molecular complexity index is 575. The predicted molar refractivity (Wildman–Crippen MR) is 90.6 cm³/mol. The second kappa shape index (κ2) is 10.6. The van der Waals surface area contributed by atoms with Gasteiger partial charge in [0.15, 0.2) is 12.2 Å². The molecule has 5 unspecified atom stereocenters. The Labute approximate surface area is 161 Å². The minimum absolute atomic E-state index is 0.276. The average Bonchev–Trinajstić information content (AvgIpc) is 2.54. The van der Waals surface area contributed by atoms with Crippen molar-refractivity contribution in [1.29, 1.82) is 0 Å². The number of esters is 4. The highest BCUT2D eigenvalue weighted by molar-refractivity contribution is 5.74. The molecule has 0 aliphatic carbocycles. The normalized spacial score (nSPS) is 26.5. The number of carbonyl (C=O) groups excluding carboxylic acids is 5. The number of carbonyl (C=O) groups is 5. The molecule has 1 heterocycles. The smallest absolute Gasteiger partial charge is 0.303 e. The molecule has 11 nitrogen and oxygen atoms in total. The van der Waals surface area contributed by atoms with Gasteiger partial charge in [0.25, 0.3) is 0 Å². The molecule has 5 atom stereocenters. The van der Waals surface area contributed by atoms with Gasteiger partial charge in [0.1, 0.15) is 25.4 Å². The molecule has 1 amide bonds. The van der Waals surface area contributed by atoms with Crippen molar-refractivity contribution in [3.05, 3.63) is 0 Å². The molecule has 28 heavy (non-hydrogen) atoms. The van der Waals surface area contributed by atoms with Crippen LogP contribution in [-0.2, 0) is 47.7 Å². The first-order chi connectivity index (χ1) is 13.0. The highest BCUT2D eigenvalue weighted by Gasteiger charge is 2.50. The minimum atomic E-state index is -1.17. The topological polar surface area (TPSA) is 144 Å². The summed E-state index contributed by atoms with van der Waals surface area (Å²) in [6, 6.07) is -0.987. The Kier molecular flexibility index (Phi) is 8.83. The molecule has 0 aromatic heterocycles. The summed E-state index contributed by atoms with van der Waals surface area (Å²) in [4.78, 5) is 57.2. The SMILES string of the molecule is CC(=O)NC1C(COC(C)=O)OC(COC(C)=O)C(OC(C)=O)C1OC(C)=O. The highest BCUT2D eigenvalue weighted by Crippen LogP contribution is 2.27. The first-order valence-corrected chi connectivity index (χ1v) is 8.55. The van der Waals surface area contributed by atoms with Crippen LogP contribution in [0.2, 0.25) is 0 Å². The molecule has 0 radical (unpaired) electrons. The third-order valence-electron chi connectivity index (χ3n) is 3.67. The lowest BCUT2D eigenvalue weighted by molar-refractivity contribution is -0.229. The zero-order valence-corrected chi connectivity index (χ0v) is 16.4. The summed E-state index contributed by atoms with van der Waals surface area (Å²) in [5.74, 6) is -3.06. The van der Waals surface area contributed by atoms with Crippen LogP contribution in [0.1, 0.15) is 34.6 Å². The van der Waals surface area contributed by atoms with Crippen molar-refractivity contribution in [3.63, 3.8) is 0 Å². The van der Waals surface area contributed by atoms with Crippen molar-refractivity contribution in [2.45, 2.75) is 65.1 Å². The summed E-state index contributed by atoms with van der Waals surface area (Å²) < 4.78 is 26.2. The molecule has 158 valence electrons. The van der Waals surface area contributed by atoms with Crippen LogP contribution < -0.4 is 5.32 Å². The fourth-order valence-electron chi connectivity index (χ4n) is 2.77. The Balaban J connectivity index is 3.26. The van der Waals surface area contributed by atoms with Crippen LogP contribution in [0.4, 0.5) is 0 Å². The van der Waals surface area contributed by atoms with E-state index in [1.54, 1.807) is 0 Å². The zero-order chi connectivity index (χ0) is 21.4. The molecule has 0 aromatic carbocycles. The lowest BCUT2D eigenvalue weighted by atomic mass is 9.92. The van der Waals surface area contributed by atoms with Gasteiger partial charge < -0.3 is 29.0 Å². The van der Waals surface area contributed by atoms with Crippen molar-refractivity contribution < 1.29 is 47.7 Å². The van der Waals surface area contributed by atoms with E-state index in [4.69, 9.17) is 23.7 Å². The lowest BCUT2D eigenvalue weighted by Crippen LogP contribution is -2.67. The Morgan fingerprint density at radius 3 is 1.61 bits per heavy atom. The molecular weight excluding hydrogens is 378 g/mol. The second-order valence-corrected chi connectivity index (χ2v) is 6.19. The molecule has 1 fully saturated rings. The van der Waals surface area contributed by atoms with Crippen LogP contribution in [0.15, 0.2) is 0 Å². The van der Waals surface area contributed by atoms with Gasteiger partial charge >= 0.3 is 23.9 Å². The number of hydrogen-bond donors (Lipinski definition) is 1. The Hall–Kier alpha value is -2.69. The highest BCUT2D eigenvalue weighted by atomic mass is 16.6. The number of nitrogens with one attached hydrogen (secondary N) is 1. The number of rotatable bonds is 7. The summed E-state index contributed by atoms with van der Waals surface area (Å²) in [6.45, 7) is 5.32. The molecule has 1 rings (SSSR count). The third kappa shape index (κ3) is 7.51. The third-order valence-corrected chi connectivity index (χ3v) is 3.67. The summed E-state index contributed by atoms with van der Waals surface area (Å²) in [6.07, 6.45) is -4.32. The van der Waals surface area contributed by atoms with Gasteiger partial charge in [-0.05, 0) is 0 Å². The van der Waals surface area contributed by atoms with Crippen molar-refractivity contribution in [2.24, 2.45) is 0 Å². The fourth-order valence-corrected chi connectivity index (χ4v) is 2.77. The van der Waals surface area contributed by atoms with E-state index in [1.807, 2.05) is 0 Å². The van der Waals surface area contributed by atoms with E-state index in [0.717, 1.165) is 13.8 Å². The molecule has 1 aliphatic heterocycles. The van der Waals surface area contributed by atoms with E-state index in [0.29, 0.717) is 0 Å². The number of ether oxygens (including phenoxy) is 5. The summed E-state index contributed by atoms with van der Waals surface area (Å²) in [5.41, 5.74) is 0. The molecule has 1 N–H and O–H groups in total. The van der Waals surface area contributed by atoms with Gasteiger partial charge in [0, 0.05) is 34.6 Å². The van der Waals surface area contributed by atoms with E-state index in [-0.39, 0.29) is 13.2 Å². The average molecular weight is 403 g/mol. The maximum Gasteiger partial charge on any atom is 0.303 e. The fraction of sp³-hybridized carbons (Fsp3) is 0.706. The minimum Gasteiger partial charge on any atom is -0.463 e. The first kappa shape index (κ1) is 23.3.